The normalized spacial score (nSPS) is 10.7. The molecule has 0 amide bonds. The van der Waals surface area contributed by atoms with Crippen LogP contribution < -0.4 is 5.73 Å². The van der Waals surface area contributed by atoms with Gasteiger partial charge in [-0.2, -0.15) is 0 Å². The van der Waals surface area contributed by atoms with Gasteiger partial charge in [-0.15, -0.1) is 0 Å². The van der Waals surface area contributed by atoms with Crippen molar-refractivity contribution in [2.45, 2.75) is 31.0 Å². The highest BCUT2D eigenvalue weighted by molar-refractivity contribution is 9.10. The number of hydrogen-bond donors (Lipinski definition) is 1. The molecule has 0 aliphatic rings. The molecule has 0 saturated heterocycles. The zero-order valence-electron chi connectivity index (χ0n) is 10.2. The minimum Gasteiger partial charge on any atom is -0.368 e. The van der Waals surface area contributed by atoms with E-state index in [0.29, 0.717) is 10.2 Å². The fourth-order valence-corrected chi connectivity index (χ4v) is 2.57. The van der Waals surface area contributed by atoms with Crippen molar-refractivity contribution in [2.75, 3.05) is 5.73 Å². The summed E-state index contributed by atoms with van der Waals surface area (Å²) in [5.74, 6) is 0.237. The van der Waals surface area contributed by atoms with Crippen LogP contribution in [0.25, 0.3) is 0 Å². The number of hydrogen-bond acceptors (Lipinski definition) is 6. The Morgan fingerprint density at radius 3 is 2.33 bits per heavy atom. The molecule has 0 radical (unpaired) electrons. The second-order valence-corrected chi connectivity index (χ2v) is 5.60. The van der Waals surface area contributed by atoms with E-state index in [1.165, 1.54) is 11.8 Å². The quantitative estimate of drug-likeness (QED) is 0.675. The molecule has 0 aliphatic heterocycles. The molecule has 0 atom stereocenters. The molecule has 0 aliphatic carbocycles. The molecular formula is C11H12BrN5S. The molecule has 7 heteroatoms. The first-order valence-electron chi connectivity index (χ1n) is 5.25. The largest absolute Gasteiger partial charge is 0.368 e. The van der Waals surface area contributed by atoms with Gasteiger partial charge < -0.3 is 5.73 Å². The number of nitrogen functional groups attached to an aromatic ring is 1. The van der Waals surface area contributed by atoms with E-state index in [1.54, 1.807) is 6.20 Å². The van der Waals surface area contributed by atoms with Crippen LogP contribution in [0.1, 0.15) is 17.0 Å². The molecule has 94 valence electrons. The average molecular weight is 326 g/mol. The summed E-state index contributed by atoms with van der Waals surface area (Å²) in [4.78, 5) is 16.9. The average Bonchev–Trinajstić information content (AvgIpc) is 2.31. The molecule has 2 aromatic rings. The van der Waals surface area contributed by atoms with Crippen molar-refractivity contribution in [3.8, 4) is 0 Å². The van der Waals surface area contributed by atoms with E-state index in [4.69, 9.17) is 5.73 Å². The van der Waals surface area contributed by atoms with E-state index < -0.39 is 0 Å². The van der Waals surface area contributed by atoms with Gasteiger partial charge in [0.25, 0.3) is 0 Å². The summed E-state index contributed by atoms with van der Waals surface area (Å²) in [6.45, 7) is 5.95. The van der Waals surface area contributed by atoms with Gasteiger partial charge in [0.05, 0.1) is 4.47 Å². The van der Waals surface area contributed by atoms with Gasteiger partial charge in [0, 0.05) is 17.6 Å². The minimum absolute atomic E-state index is 0.237. The van der Waals surface area contributed by atoms with Crippen molar-refractivity contribution in [2.24, 2.45) is 0 Å². The third kappa shape index (κ3) is 2.78. The Kier molecular flexibility index (Phi) is 3.82. The van der Waals surface area contributed by atoms with Gasteiger partial charge in [-0.3, -0.25) is 0 Å². The second-order valence-electron chi connectivity index (χ2n) is 3.79. The number of nitrogens with two attached hydrogens (primary N) is 1. The highest BCUT2D eigenvalue weighted by Gasteiger charge is 2.10. The maximum absolute atomic E-state index is 5.57. The first-order chi connectivity index (χ1) is 8.47. The Hall–Kier alpha value is -1.21. The molecule has 0 saturated carbocycles. The topological polar surface area (TPSA) is 77.6 Å². The van der Waals surface area contributed by atoms with Gasteiger partial charge in [-0.25, -0.2) is 19.9 Å². The Morgan fingerprint density at radius 1 is 1.11 bits per heavy atom. The SMILES string of the molecule is Cc1nc(Sc2nc(N)ncc2Br)nc(C)c1C. The van der Waals surface area contributed by atoms with Crippen molar-refractivity contribution in [3.05, 3.63) is 27.6 Å². The van der Waals surface area contributed by atoms with Gasteiger partial charge in [0.15, 0.2) is 5.16 Å². The molecule has 18 heavy (non-hydrogen) atoms. The lowest BCUT2D eigenvalue weighted by Crippen LogP contribution is -2.00. The van der Waals surface area contributed by atoms with Crippen molar-refractivity contribution >= 4 is 33.6 Å². The van der Waals surface area contributed by atoms with Gasteiger partial charge in [0.2, 0.25) is 5.95 Å². The Morgan fingerprint density at radius 2 is 1.72 bits per heavy atom. The summed E-state index contributed by atoms with van der Waals surface area (Å²) in [6, 6.07) is 0. The third-order valence-corrected chi connectivity index (χ3v) is 4.24. The molecule has 0 aromatic carbocycles. The van der Waals surface area contributed by atoms with Crippen LogP contribution in [0.4, 0.5) is 5.95 Å². The fraction of sp³-hybridized carbons (Fsp3) is 0.273. The van der Waals surface area contributed by atoms with Crippen LogP contribution in [-0.4, -0.2) is 19.9 Å². The summed E-state index contributed by atoms with van der Waals surface area (Å²) in [5, 5.41) is 1.37. The Labute approximate surface area is 118 Å². The van der Waals surface area contributed by atoms with Gasteiger partial charge in [-0.05, 0) is 54.0 Å². The van der Waals surface area contributed by atoms with E-state index in [-0.39, 0.29) is 5.95 Å². The van der Waals surface area contributed by atoms with E-state index in [1.807, 2.05) is 20.8 Å². The predicted octanol–water partition coefficient (Wildman–Crippen LogP) is 2.69. The molecule has 0 unspecified atom stereocenters. The fourth-order valence-electron chi connectivity index (χ4n) is 1.31. The number of nitrogens with zero attached hydrogens (tertiary/aromatic N) is 4. The predicted molar refractivity (Wildman–Crippen MR) is 74.5 cm³/mol. The smallest absolute Gasteiger partial charge is 0.221 e. The van der Waals surface area contributed by atoms with E-state index in [9.17, 15) is 0 Å². The summed E-state index contributed by atoms with van der Waals surface area (Å²) in [5.41, 5.74) is 8.63. The molecule has 2 aromatic heterocycles. The first kappa shape index (κ1) is 13.2. The lowest BCUT2D eigenvalue weighted by Gasteiger charge is -2.07. The lowest BCUT2D eigenvalue weighted by atomic mass is 10.2. The van der Waals surface area contributed by atoms with Crippen LogP contribution in [0.3, 0.4) is 0 Å². The van der Waals surface area contributed by atoms with E-state index in [2.05, 4.69) is 35.9 Å². The highest BCUT2D eigenvalue weighted by atomic mass is 79.9. The third-order valence-electron chi connectivity index (χ3n) is 2.53. The molecule has 2 rings (SSSR count). The second kappa shape index (κ2) is 5.19. The van der Waals surface area contributed by atoms with E-state index in [0.717, 1.165) is 21.4 Å². The van der Waals surface area contributed by atoms with Crippen LogP contribution >= 0.6 is 27.7 Å². The monoisotopic (exact) mass is 325 g/mol. The Balaban J connectivity index is 2.37. The van der Waals surface area contributed by atoms with Crippen molar-refractivity contribution in [3.63, 3.8) is 0 Å². The number of rotatable bonds is 2. The molecule has 0 spiro atoms. The van der Waals surface area contributed by atoms with Gasteiger partial charge in [-0.1, -0.05) is 0 Å². The molecule has 2 heterocycles. The maximum Gasteiger partial charge on any atom is 0.221 e. The summed E-state index contributed by atoms with van der Waals surface area (Å²) < 4.78 is 0.779. The zero-order valence-corrected chi connectivity index (χ0v) is 12.6. The molecule has 5 nitrogen and oxygen atoms in total. The first-order valence-corrected chi connectivity index (χ1v) is 6.86. The Bertz CT molecular complexity index is 579. The number of halogens is 1. The minimum atomic E-state index is 0.237. The molecular weight excluding hydrogens is 314 g/mol. The van der Waals surface area contributed by atoms with Crippen LogP contribution in [0.2, 0.25) is 0 Å². The van der Waals surface area contributed by atoms with Crippen LogP contribution in [0.5, 0.6) is 0 Å². The lowest BCUT2D eigenvalue weighted by molar-refractivity contribution is 0.877. The van der Waals surface area contributed by atoms with Crippen molar-refractivity contribution < 1.29 is 0 Å². The zero-order chi connectivity index (χ0) is 13.3. The summed E-state index contributed by atoms with van der Waals surface area (Å²) >= 11 is 4.75. The maximum atomic E-state index is 5.57. The molecule has 0 fully saturated rings. The van der Waals surface area contributed by atoms with E-state index >= 15 is 0 Å². The van der Waals surface area contributed by atoms with Gasteiger partial charge in [0.1, 0.15) is 5.03 Å². The summed E-state index contributed by atoms with van der Waals surface area (Å²) in [7, 11) is 0. The summed E-state index contributed by atoms with van der Waals surface area (Å²) in [6.07, 6.45) is 1.62. The molecule has 0 bridgehead atoms. The highest BCUT2D eigenvalue weighted by Crippen LogP contribution is 2.30. The van der Waals surface area contributed by atoms with Crippen LogP contribution in [0, 0.1) is 20.8 Å². The van der Waals surface area contributed by atoms with Crippen LogP contribution in [0.15, 0.2) is 20.9 Å². The number of aromatic nitrogens is 4. The van der Waals surface area contributed by atoms with Crippen LogP contribution in [-0.2, 0) is 0 Å². The van der Waals surface area contributed by atoms with Crippen molar-refractivity contribution in [1.29, 1.82) is 0 Å². The standard InChI is InChI=1S/C11H12BrN5S/c1-5-6(2)15-11(16-7(5)3)18-9-8(12)4-14-10(13)17-9/h4H,1-3H3,(H2,13,14,17). The van der Waals surface area contributed by atoms with Crippen molar-refractivity contribution in [1.82, 2.24) is 19.9 Å². The molecule has 2 N–H and O–H groups in total. The van der Waals surface area contributed by atoms with Gasteiger partial charge >= 0.3 is 0 Å². The number of aryl methyl sites for hydroxylation is 2. The number of anilines is 1.